The quantitative estimate of drug-likeness (QED) is 0.866. The van der Waals surface area contributed by atoms with Gasteiger partial charge in [0.05, 0.1) is 5.69 Å². The van der Waals surface area contributed by atoms with Crippen LogP contribution in [0.2, 0.25) is 0 Å². The van der Waals surface area contributed by atoms with Crippen molar-refractivity contribution in [3.63, 3.8) is 0 Å². The highest BCUT2D eigenvalue weighted by atomic mass is 15.3. The first kappa shape index (κ1) is 11.1. The van der Waals surface area contributed by atoms with E-state index in [0.29, 0.717) is 12.0 Å². The maximum atomic E-state index is 5.81. The van der Waals surface area contributed by atoms with Crippen LogP contribution in [0.4, 0.5) is 5.95 Å². The highest BCUT2D eigenvalue weighted by Gasteiger charge is 2.29. The zero-order valence-corrected chi connectivity index (χ0v) is 10.6. The Morgan fingerprint density at radius 2 is 2.24 bits per heavy atom. The highest BCUT2D eigenvalue weighted by molar-refractivity contribution is 5.35. The van der Waals surface area contributed by atoms with Crippen molar-refractivity contribution in [2.24, 2.45) is 11.7 Å². The molecule has 1 aliphatic carbocycles. The molecule has 4 heteroatoms. The van der Waals surface area contributed by atoms with E-state index < -0.39 is 0 Å². The second-order valence-electron chi connectivity index (χ2n) is 5.51. The number of nitrogens with zero attached hydrogens (tertiary/aromatic N) is 3. The minimum Gasteiger partial charge on any atom is -0.342 e. The first-order valence-electron chi connectivity index (χ1n) is 6.78. The van der Waals surface area contributed by atoms with E-state index in [0.717, 1.165) is 25.3 Å². The Hall–Kier alpha value is -1.03. The van der Waals surface area contributed by atoms with E-state index >= 15 is 0 Å². The predicted octanol–water partition coefficient (Wildman–Crippen LogP) is 1.70. The lowest BCUT2D eigenvalue weighted by molar-refractivity contribution is 0.416. The predicted molar refractivity (Wildman–Crippen MR) is 69.2 cm³/mol. The van der Waals surface area contributed by atoms with Gasteiger partial charge in [0.1, 0.15) is 0 Å². The Balaban J connectivity index is 1.82. The maximum Gasteiger partial charge on any atom is 0.205 e. The lowest BCUT2D eigenvalue weighted by Gasteiger charge is -2.33. The smallest absolute Gasteiger partial charge is 0.205 e. The Morgan fingerprint density at radius 1 is 1.41 bits per heavy atom. The Morgan fingerprint density at radius 3 is 2.94 bits per heavy atom. The van der Waals surface area contributed by atoms with E-state index in [1.807, 2.05) is 0 Å². The molecule has 1 atom stereocenters. The van der Waals surface area contributed by atoms with Gasteiger partial charge in [0.15, 0.2) is 0 Å². The zero-order valence-electron chi connectivity index (χ0n) is 10.6. The molecule has 94 valence electrons. The SMILES string of the molecule is Cc1cn(C2CC2)c(N2CCCC(CN)C2)n1. The Labute approximate surface area is 103 Å². The molecule has 1 aromatic rings. The summed E-state index contributed by atoms with van der Waals surface area (Å²) < 4.78 is 2.38. The van der Waals surface area contributed by atoms with Crippen molar-refractivity contribution in [1.29, 1.82) is 0 Å². The van der Waals surface area contributed by atoms with Crippen LogP contribution in [-0.2, 0) is 0 Å². The fourth-order valence-corrected chi connectivity index (χ4v) is 2.80. The van der Waals surface area contributed by atoms with E-state index in [1.165, 1.54) is 31.6 Å². The van der Waals surface area contributed by atoms with E-state index in [2.05, 4.69) is 22.6 Å². The van der Waals surface area contributed by atoms with Gasteiger partial charge < -0.3 is 15.2 Å². The molecule has 4 nitrogen and oxygen atoms in total. The monoisotopic (exact) mass is 234 g/mol. The molecular formula is C13H22N4. The van der Waals surface area contributed by atoms with Crippen LogP contribution in [0.1, 0.15) is 37.4 Å². The molecule has 1 unspecified atom stereocenters. The van der Waals surface area contributed by atoms with Crippen LogP contribution in [0.3, 0.4) is 0 Å². The average Bonchev–Trinajstić information content (AvgIpc) is 3.12. The van der Waals surface area contributed by atoms with Crippen molar-refractivity contribution in [2.45, 2.75) is 38.6 Å². The molecule has 0 bridgehead atoms. The van der Waals surface area contributed by atoms with E-state index in [4.69, 9.17) is 10.7 Å². The van der Waals surface area contributed by atoms with Crippen LogP contribution in [0, 0.1) is 12.8 Å². The van der Waals surface area contributed by atoms with Crippen LogP contribution in [0.25, 0.3) is 0 Å². The molecule has 2 fully saturated rings. The van der Waals surface area contributed by atoms with Crippen molar-refractivity contribution >= 4 is 5.95 Å². The topological polar surface area (TPSA) is 47.1 Å². The van der Waals surface area contributed by atoms with Crippen LogP contribution < -0.4 is 10.6 Å². The fourth-order valence-electron chi connectivity index (χ4n) is 2.80. The fraction of sp³-hybridized carbons (Fsp3) is 0.769. The molecule has 1 saturated heterocycles. The normalized spacial score (nSPS) is 25.3. The van der Waals surface area contributed by atoms with Gasteiger partial charge in [-0.05, 0) is 45.1 Å². The van der Waals surface area contributed by atoms with Gasteiger partial charge in [0, 0.05) is 25.3 Å². The lowest BCUT2D eigenvalue weighted by Crippen LogP contribution is -2.39. The van der Waals surface area contributed by atoms with Crippen molar-refractivity contribution in [1.82, 2.24) is 9.55 Å². The molecule has 1 aliphatic heterocycles. The molecule has 1 aromatic heterocycles. The van der Waals surface area contributed by atoms with Gasteiger partial charge >= 0.3 is 0 Å². The number of imidazole rings is 1. The second kappa shape index (κ2) is 4.33. The summed E-state index contributed by atoms with van der Waals surface area (Å²) in [6, 6.07) is 0.712. The van der Waals surface area contributed by atoms with Crippen LogP contribution >= 0.6 is 0 Å². The molecule has 0 radical (unpaired) electrons. The van der Waals surface area contributed by atoms with Crippen molar-refractivity contribution in [3.05, 3.63) is 11.9 Å². The third-order valence-corrected chi connectivity index (χ3v) is 3.91. The summed E-state index contributed by atoms with van der Waals surface area (Å²) in [6.45, 7) is 5.12. The molecule has 2 heterocycles. The van der Waals surface area contributed by atoms with Gasteiger partial charge in [-0.15, -0.1) is 0 Å². The van der Waals surface area contributed by atoms with Gasteiger partial charge in [-0.3, -0.25) is 0 Å². The van der Waals surface area contributed by atoms with Crippen LogP contribution in [-0.4, -0.2) is 29.2 Å². The average molecular weight is 234 g/mol. The molecule has 17 heavy (non-hydrogen) atoms. The first-order valence-corrected chi connectivity index (χ1v) is 6.78. The summed E-state index contributed by atoms with van der Waals surface area (Å²) in [5, 5.41) is 0. The van der Waals surface area contributed by atoms with Crippen molar-refractivity contribution in [2.75, 3.05) is 24.5 Å². The van der Waals surface area contributed by atoms with E-state index in [1.54, 1.807) is 0 Å². The molecule has 0 aromatic carbocycles. The number of anilines is 1. The van der Waals surface area contributed by atoms with Crippen LogP contribution in [0.15, 0.2) is 6.20 Å². The van der Waals surface area contributed by atoms with Gasteiger partial charge in [-0.1, -0.05) is 0 Å². The summed E-state index contributed by atoms with van der Waals surface area (Å²) in [5.41, 5.74) is 6.95. The molecule has 1 saturated carbocycles. The third-order valence-electron chi connectivity index (χ3n) is 3.91. The van der Waals surface area contributed by atoms with Gasteiger partial charge in [0.2, 0.25) is 5.95 Å². The minimum atomic E-state index is 0.647. The largest absolute Gasteiger partial charge is 0.342 e. The number of hydrogen-bond donors (Lipinski definition) is 1. The molecule has 0 amide bonds. The summed E-state index contributed by atoms with van der Waals surface area (Å²) in [5.74, 6) is 1.83. The summed E-state index contributed by atoms with van der Waals surface area (Å²) in [4.78, 5) is 7.15. The Bertz CT molecular complexity index is 394. The second-order valence-corrected chi connectivity index (χ2v) is 5.51. The standard InChI is InChI=1S/C13H22N4/c1-10-8-17(12-4-5-12)13(15-10)16-6-2-3-11(7-14)9-16/h8,11-12H,2-7,9,14H2,1H3. The van der Waals surface area contributed by atoms with E-state index in [-0.39, 0.29) is 0 Å². The summed E-state index contributed by atoms with van der Waals surface area (Å²) >= 11 is 0. The number of rotatable bonds is 3. The molecule has 2 aliphatic rings. The van der Waals surface area contributed by atoms with Gasteiger partial charge in [-0.25, -0.2) is 4.98 Å². The maximum absolute atomic E-state index is 5.81. The van der Waals surface area contributed by atoms with Crippen molar-refractivity contribution in [3.8, 4) is 0 Å². The van der Waals surface area contributed by atoms with Crippen molar-refractivity contribution < 1.29 is 0 Å². The number of aryl methyl sites for hydroxylation is 1. The Kier molecular flexibility index (Phi) is 2.82. The van der Waals surface area contributed by atoms with Crippen LogP contribution in [0.5, 0.6) is 0 Å². The van der Waals surface area contributed by atoms with Gasteiger partial charge in [-0.2, -0.15) is 0 Å². The number of hydrogen-bond acceptors (Lipinski definition) is 3. The zero-order chi connectivity index (χ0) is 11.8. The van der Waals surface area contributed by atoms with Gasteiger partial charge in [0.25, 0.3) is 0 Å². The lowest BCUT2D eigenvalue weighted by atomic mass is 9.99. The minimum absolute atomic E-state index is 0.647. The number of aromatic nitrogens is 2. The summed E-state index contributed by atoms with van der Waals surface area (Å²) in [6.07, 6.45) is 7.36. The highest BCUT2D eigenvalue weighted by Crippen LogP contribution is 2.38. The molecule has 2 N–H and O–H groups in total. The molecular weight excluding hydrogens is 212 g/mol. The number of nitrogens with two attached hydrogens (primary N) is 1. The molecule has 0 spiro atoms. The summed E-state index contributed by atoms with van der Waals surface area (Å²) in [7, 11) is 0. The van der Waals surface area contributed by atoms with E-state index in [9.17, 15) is 0 Å². The first-order chi connectivity index (χ1) is 8.28. The third kappa shape index (κ3) is 2.18. The number of piperidine rings is 1. The molecule has 3 rings (SSSR count).